The lowest BCUT2D eigenvalue weighted by Crippen LogP contribution is -2.53. The van der Waals surface area contributed by atoms with Crippen molar-refractivity contribution in [3.63, 3.8) is 0 Å². The molecule has 3 amide bonds. The predicted molar refractivity (Wildman–Crippen MR) is 168 cm³/mol. The van der Waals surface area contributed by atoms with Gasteiger partial charge in [-0.2, -0.15) is 0 Å². The van der Waals surface area contributed by atoms with Crippen LogP contribution in [0.3, 0.4) is 0 Å². The van der Waals surface area contributed by atoms with Gasteiger partial charge in [0.1, 0.15) is 18.2 Å². The van der Waals surface area contributed by atoms with Gasteiger partial charge >= 0.3 is 12.1 Å². The molecule has 0 bridgehead atoms. The average Bonchev–Trinajstić information content (AvgIpc) is 3.43. The lowest BCUT2D eigenvalue weighted by atomic mass is 9.76. The molecule has 1 aliphatic heterocycles. The maximum atomic E-state index is 13.7. The van der Waals surface area contributed by atoms with E-state index in [0.717, 1.165) is 43.2 Å². The standard InChI is InChI=1S/C34H44ClN3O6/c1-34(2,25-15-10-16-26(35)21-25)29(23-13-8-5-9-14-23)44-33(42)38-27(19-22-11-6-4-7-12-22)31(40)37-28(32(41)43-3)20-24-17-18-36-30(24)39/h5,8-10,13-16,21-22,24,27-29H,4,6-7,11-12,17-20H2,1-3H3,(H,36,39)(H,37,40)(H,38,42)/t24?,27-,28-,29?/m0/s1. The number of amides is 3. The van der Waals surface area contributed by atoms with Crippen molar-refractivity contribution in [2.24, 2.45) is 11.8 Å². The summed E-state index contributed by atoms with van der Waals surface area (Å²) in [4.78, 5) is 52.3. The van der Waals surface area contributed by atoms with E-state index in [4.69, 9.17) is 21.1 Å². The maximum Gasteiger partial charge on any atom is 0.408 e. The van der Waals surface area contributed by atoms with E-state index in [0.29, 0.717) is 24.4 Å². The smallest absolute Gasteiger partial charge is 0.408 e. The van der Waals surface area contributed by atoms with Crippen LogP contribution in [0.1, 0.15) is 82.4 Å². The molecule has 0 radical (unpaired) electrons. The van der Waals surface area contributed by atoms with Gasteiger partial charge in [-0.1, -0.05) is 100 Å². The molecule has 3 N–H and O–H groups in total. The second-order valence-electron chi connectivity index (χ2n) is 12.5. The number of ether oxygens (including phenoxy) is 2. The molecule has 2 fully saturated rings. The Morgan fingerprint density at radius 3 is 2.32 bits per heavy atom. The van der Waals surface area contributed by atoms with Crippen LogP contribution in [0.25, 0.3) is 0 Å². The number of halogens is 1. The highest BCUT2D eigenvalue weighted by Crippen LogP contribution is 2.40. The number of nitrogens with one attached hydrogen (secondary N) is 3. The van der Waals surface area contributed by atoms with Crippen LogP contribution in [-0.4, -0.2) is 49.6 Å². The molecular formula is C34H44ClN3O6. The zero-order valence-electron chi connectivity index (χ0n) is 25.8. The van der Waals surface area contributed by atoms with Gasteiger partial charge in [-0.25, -0.2) is 9.59 Å². The summed E-state index contributed by atoms with van der Waals surface area (Å²) in [5.41, 5.74) is 1.00. The van der Waals surface area contributed by atoms with Gasteiger partial charge in [0.2, 0.25) is 11.8 Å². The highest BCUT2D eigenvalue weighted by molar-refractivity contribution is 6.30. The molecule has 2 aromatic carbocycles. The Labute approximate surface area is 264 Å². The van der Waals surface area contributed by atoms with Crippen molar-refractivity contribution in [1.82, 2.24) is 16.0 Å². The van der Waals surface area contributed by atoms with Gasteiger partial charge in [0.05, 0.1) is 7.11 Å². The number of methoxy groups -OCH3 is 1. The summed E-state index contributed by atoms with van der Waals surface area (Å²) in [5, 5.41) is 8.95. The molecule has 2 aromatic rings. The molecule has 0 spiro atoms. The number of esters is 1. The van der Waals surface area contributed by atoms with Crippen molar-refractivity contribution in [3.8, 4) is 0 Å². The first-order chi connectivity index (χ1) is 21.1. The molecule has 1 saturated carbocycles. The summed E-state index contributed by atoms with van der Waals surface area (Å²) < 4.78 is 11.1. The van der Waals surface area contributed by atoms with Crippen LogP contribution in [0.2, 0.25) is 5.02 Å². The van der Waals surface area contributed by atoms with Crippen molar-refractivity contribution >= 4 is 35.5 Å². The summed E-state index contributed by atoms with van der Waals surface area (Å²) >= 11 is 6.32. The Bertz CT molecular complexity index is 1300. The van der Waals surface area contributed by atoms with Gasteiger partial charge in [0.15, 0.2) is 0 Å². The summed E-state index contributed by atoms with van der Waals surface area (Å²) in [6.45, 7) is 4.49. The van der Waals surface area contributed by atoms with E-state index in [2.05, 4.69) is 16.0 Å². The van der Waals surface area contributed by atoms with Gasteiger partial charge in [-0.3, -0.25) is 9.59 Å². The second-order valence-corrected chi connectivity index (χ2v) is 12.9. The van der Waals surface area contributed by atoms with Gasteiger partial charge < -0.3 is 25.4 Å². The fourth-order valence-corrected chi connectivity index (χ4v) is 6.54. The number of carbonyl (C=O) groups excluding carboxylic acids is 4. The molecule has 2 unspecified atom stereocenters. The topological polar surface area (TPSA) is 123 Å². The maximum absolute atomic E-state index is 13.7. The number of rotatable bonds is 12. The second kappa shape index (κ2) is 15.4. The number of hydrogen-bond acceptors (Lipinski definition) is 6. The highest BCUT2D eigenvalue weighted by Gasteiger charge is 2.38. The van der Waals surface area contributed by atoms with Crippen molar-refractivity contribution in [2.45, 2.75) is 88.8 Å². The summed E-state index contributed by atoms with van der Waals surface area (Å²) in [6.07, 6.45) is 4.84. The van der Waals surface area contributed by atoms with E-state index in [1.54, 1.807) is 6.07 Å². The first-order valence-corrected chi connectivity index (χ1v) is 15.9. The van der Waals surface area contributed by atoms with Gasteiger partial charge in [0, 0.05) is 22.9 Å². The minimum Gasteiger partial charge on any atom is -0.467 e. The quantitative estimate of drug-likeness (QED) is 0.264. The Morgan fingerprint density at radius 2 is 1.68 bits per heavy atom. The molecule has 4 atom stereocenters. The van der Waals surface area contributed by atoms with Crippen LogP contribution in [0.5, 0.6) is 0 Å². The summed E-state index contributed by atoms with van der Waals surface area (Å²) in [7, 11) is 1.25. The number of carbonyl (C=O) groups is 4. The van der Waals surface area contributed by atoms with E-state index in [-0.39, 0.29) is 18.2 Å². The molecule has 1 heterocycles. The third kappa shape index (κ3) is 8.74. The normalized spacial score (nSPS) is 19.3. The first-order valence-electron chi connectivity index (χ1n) is 15.5. The van der Waals surface area contributed by atoms with E-state index in [9.17, 15) is 19.2 Å². The monoisotopic (exact) mass is 625 g/mol. The number of hydrogen-bond donors (Lipinski definition) is 3. The van der Waals surface area contributed by atoms with E-state index < -0.39 is 47.5 Å². The van der Waals surface area contributed by atoms with E-state index >= 15 is 0 Å². The molecule has 1 aliphatic carbocycles. The van der Waals surface area contributed by atoms with Gasteiger partial charge in [0.25, 0.3) is 0 Å². The van der Waals surface area contributed by atoms with Crippen LogP contribution in [-0.2, 0) is 29.3 Å². The largest absolute Gasteiger partial charge is 0.467 e. The summed E-state index contributed by atoms with van der Waals surface area (Å²) in [5.74, 6) is -1.46. The Kier molecular flexibility index (Phi) is 11.7. The fraction of sp³-hybridized carbons (Fsp3) is 0.529. The highest BCUT2D eigenvalue weighted by atomic mass is 35.5. The lowest BCUT2D eigenvalue weighted by Gasteiger charge is -2.35. The van der Waals surface area contributed by atoms with Crippen molar-refractivity contribution in [2.75, 3.05) is 13.7 Å². The minimum atomic E-state index is -1.02. The molecule has 10 heteroatoms. The molecule has 0 aromatic heterocycles. The molecule has 1 saturated heterocycles. The van der Waals surface area contributed by atoms with Crippen molar-refractivity contribution in [3.05, 3.63) is 70.7 Å². The average molecular weight is 626 g/mol. The van der Waals surface area contributed by atoms with Crippen LogP contribution < -0.4 is 16.0 Å². The van der Waals surface area contributed by atoms with E-state index in [1.807, 2.05) is 62.4 Å². The zero-order chi connectivity index (χ0) is 31.7. The van der Waals surface area contributed by atoms with Gasteiger partial charge in [-0.05, 0) is 48.4 Å². The van der Waals surface area contributed by atoms with Crippen molar-refractivity contribution < 1.29 is 28.7 Å². The van der Waals surface area contributed by atoms with Crippen LogP contribution in [0.15, 0.2) is 54.6 Å². The third-order valence-electron chi connectivity index (χ3n) is 8.94. The van der Waals surface area contributed by atoms with E-state index in [1.165, 1.54) is 7.11 Å². The van der Waals surface area contributed by atoms with Crippen LogP contribution in [0, 0.1) is 11.8 Å². The number of benzene rings is 2. The lowest BCUT2D eigenvalue weighted by molar-refractivity contribution is -0.146. The molecule has 238 valence electrons. The number of alkyl carbamates (subject to hydrolysis) is 1. The third-order valence-corrected chi connectivity index (χ3v) is 9.17. The molecule has 2 aliphatic rings. The summed E-state index contributed by atoms with van der Waals surface area (Å²) in [6, 6.07) is 14.9. The fourth-order valence-electron chi connectivity index (χ4n) is 6.35. The molecule has 4 rings (SSSR count). The first kappa shape index (κ1) is 33.3. The SMILES string of the molecule is COC(=O)[C@H](CC1CCNC1=O)NC(=O)[C@H](CC1CCCCC1)NC(=O)OC(c1ccccc1)C(C)(C)c1cccc(Cl)c1. The van der Waals surface area contributed by atoms with Crippen LogP contribution in [0.4, 0.5) is 4.79 Å². The Morgan fingerprint density at radius 1 is 0.955 bits per heavy atom. The predicted octanol–water partition coefficient (Wildman–Crippen LogP) is 5.61. The van der Waals surface area contributed by atoms with Crippen molar-refractivity contribution in [1.29, 1.82) is 0 Å². The molecule has 44 heavy (non-hydrogen) atoms. The van der Waals surface area contributed by atoms with Crippen LogP contribution >= 0.6 is 11.6 Å². The minimum absolute atomic E-state index is 0.120. The zero-order valence-corrected chi connectivity index (χ0v) is 26.5. The van der Waals surface area contributed by atoms with Gasteiger partial charge in [-0.15, -0.1) is 0 Å². The molecule has 9 nitrogen and oxygen atoms in total. The Hall–Kier alpha value is -3.59. The molecular weight excluding hydrogens is 582 g/mol. The Balaban J connectivity index is 1.55.